The average Bonchev–Trinajstić information content (AvgIpc) is 2.23. The van der Waals surface area contributed by atoms with Crippen molar-refractivity contribution in [3.63, 3.8) is 0 Å². The zero-order chi connectivity index (χ0) is 13.0. The van der Waals surface area contributed by atoms with Crippen molar-refractivity contribution < 1.29 is 27.2 Å². The van der Waals surface area contributed by atoms with Gasteiger partial charge in [-0.2, -0.15) is 0 Å². The van der Waals surface area contributed by atoms with Gasteiger partial charge in [-0.15, -0.1) is 0 Å². The van der Waals surface area contributed by atoms with Crippen LogP contribution in [0.1, 0.15) is 30.9 Å². The standard InChI is InChI=1S/C14H23NO2.ClH/c1-10(2)12-7-6-11(3)13(16)14(12)17-9-8-15(4)5;/h6-7,10,16H,8-9H2,1-5H3;1H. The number of aryl methyl sites for hydroxylation is 1. The zero-order valence-electron chi connectivity index (χ0n) is 11.9. The molecule has 2 N–H and O–H groups in total. The molecular formula is C14H24ClNO2. The maximum Gasteiger partial charge on any atom is 0.164 e. The minimum absolute atomic E-state index is 0. The molecule has 1 aromatic rings. The van der Waals surface area contributed by atoms with Gasteiger partial charge in [0.15, 0.2) is 11.5 Å². The fourth-order valence-corrected chi connectivity index (χ4v) is 1.65. The van der Waals surface area contributed by atoms with E-state index in [-0.39, 0.29) is 18.2 Å². The van der Waals surface area contributed by atoms with Crippen LogP contribution >= 0.6 is 0 Å². The zero-order valence-corrected chi connectivity index (χ0v) is 12.6. The number of aromatic hydroxyl groups is 1. The van der Waals surface area contributed by atoms with Crippen LogP contribution in [0.2, 0.25) is 0 Å². The van der Waals surface area contributed by atoms with Crippen molar-refractivity contribution in [1.29, 1.82) is 0 Å². The molecule has 0 spiro atoms. The molecule has 0 aliphatic heterocycles. The number of ether oxygens (including phenoxy) is 1. The van der Waals surface area contributed by atoms with Crippen LogP contribution in [0.3, 0.4) is 0 Å². The van der Waals surface area contributed by atoms with Crippen molar-refractivity contribution >= 4 is 0 Å². The van der Waals surface area contributed by atoms with E-state index in [4.69, 9.17) is 4.74 Å². The van der Waals surface area contributed by atoms with Crippen LogP contribution in [-0.2, 0) is 0 Å². The van der Waals surface area contributed by atoms with E-state index in [0.717, 1.165) is 17.7 Å². The first-order chi connectivity index (χ1) is 7.93. The summed E-state index contributed by atoms with van der Waals surface area (Å²) in [6.07, 6.45) is 0. The number of phenolic OH excluding ortho intramolecular Hbond substituents is 1. The molecule has 0 amide bonds. The molecule has 1 aromatic carbocycles. The minimum Gasteiger partial charge on any atom is -1.00 e. The van der Waals surface area contributed by atoms with Crippen LogP contribution in [0.25, 0.3) is 0 Å². The van der Waals surface area contributed by atoms with Gasteiger partial charge in [-0.25, -0.2) is 0 Å². The lowest BCUT2D eigenvalue weighted by molar-refractivity contribution is -0.858. The number of benzene rings is 1. The maximum atomic E-state index is 10.1. The number of likely N-dealkylation sites (N-methyl/N-ethyl adjacent to an activating group) is 1. The van der Waals surface area contributed by atoms with Crippen molar-refractivity contribution in [1.82, 2.24) is 0 Å². The molecule has 0 unspecified atom stereocenters. The fraction of sp³-hybridized carbons (Fsp3) is 0.571. The molecule has 0 bridgehead atoms. The lowest BCUT2D eigenvalue weighted by atomic mass is 10.00. The highest BCUT2D eigenvalue weighted by Crippen LogP contribution is 2.37. The molecule has 0 aliphatic carbocycles. The van der Waals surface area contributed by atoms with Gasteiger partial charge in [0.2, 0.25) is 0 Å². The topological polar surface area (TPSA) is 33.9 Å². The highest BCUT2D eigenvalue weighted by molar-refractivity contribution is 5.51. The molecule has 0 saturated carbocycles. The molecule has 0 atom stereocenters. The van der Waals surface area contributed by atoms with E-state index >= 15 is 0 Å². The minimum atomic E-state index is 0. The van der Waals surface area contributed by atoms with E-state index < -0.39 is 0 Å². The lowest BCUT2D eigenvalue weighted by Gasteiger charge is -2.17. The summed E-state index contributed by atoms with van der Waals surface area (Å²) in [4.78, 5) is 1.34. The Morgan fingerprint density at radius 3 is 2.39 bits per heavy atom. The lowest BCUT2D eigenvalue weighted by Crippen LogP contribution is -3.06. The monoisotopic (exact) mass is 273 g/mol. The molecule has 0 heterocycles. The summed E-state index contributed by atoms with van der Waals surface area (Å²) in [6.45, 7) is 7.65. The molecule has 1 rings (SSSR count). The number of phenols is 1. The number of rotatable bonds is 5. The van der Waals surface area contributed by atoms with Crippen LogP contribution in [0, 0.1) is 6.92 Å². The Balaban J connectivity index is 0.00000289. The number of quaternary nitrogens is 1. The van der Waals surface area contributed by atoms with Crippen molar-refractivity contribution in [3.05, 3.63) is 23.3 Å². The average molecular weight is 274 g/mol. The first-order valence-corrected chi connectivity index (χ1v) is 6.17. The second-order valence-corrected chi connectivity index (χ2v) is 5.11. The molecule has 0 saturated heterocycles. The van der Waals surface area contributed by atoms with Crippen LogP contribution in [0.15, 0.2) is 12.1 Å². The van der Waals surface area contributed by atoms with E-state index in [0.29, 0.717) is 18.3 Å². The smallest absolute Gasteiger partial charge is 0.164 e. The van der Waals surface area contributed by atoms with Gasteiger partial charge in [0.25, 0.3) is 0 Å². The second-order valence-electron chi connectivity index (χ2n) is 5.11. The Labute approximate surface area is 116 Å². The predicted molar refractivity (Wildman–Crippen MR) is 70.1 cm³/mol. The van der Waals surface area contributed by atoms with Gasteiger partial charge in [0, 0.05) is 5.56 Å². The van der Waals surface area contributed by atoms with Crippen LogP contribution in [0.4, 0.5) is 0 Å². The summed E-state index contributed by atoms with van der Waals surface area (Å²) >= 11 is 0. The largest absolute Gasteiger partial charge is 1.00 e. The maximum absolute atomic E-state index is 10.1. The molecule has 18 heavy (non-hydrogen) atoms. The number of hydrogen-bond acceptors (Lipinski definition) is 2. The molecule has 0 radical (unpaired) electrons. The predicted octanol–water partition coefficient (Wildman–Crippen LogP) is -1.65. The molecule has 0 fully saturated rings. The van der Waals surface area contributed by atoms with Crippen LogP contribution in [0.5, 0.6) is 11.5 Å². The van der Waals surface area contributed by atoms with Gasteiger partial charge in [0.1, 0.15) is 13.2 Å². The third-order valence-electron chi connectivity index (χ3n) is 2.83. The molecule has 0 aromatic heterocycles. The highest BCUT2D eigenvalue weighted by atomic mass is 35.5. The van der Waals surface area contributed by atoms with Crippen molar-refractivity contribution in [2.45, 2.75) is 26.7 Å². The van der Waals surface area contributed by atoms with E-state index in [1.54, 1.807) is 0 Å². The number of nitrogens with one attached hydrogen (secondary N) is 1. The molecular weight excluding hydrogens is 250 g/mol. The van der Waals surface area contributed by atoms with Crippen molar-refractivity contribution in [3.8, 4) is 11.5 Å². The Morgan fingerprint density at radius 2 is 1.89 bits per heavy atom. The number of halogens is 1. The van der Waals surface area contributed by atoms with Crippen molar-refractivity contribution in [2.24, 2.45) is 0 Å². The van der Waals surface area contributed by atoms with Gasteiger partial charge < -0.3 is 27.2 Å². The molecule has 3 nitrogen and oxygen atoms in total. The summed E-state index contributed by atoms with van der Waals surface area (Å²) < 4.78 is 5.75. The SMILES string of the molecule is Cc1ccc(C(C)C)c(OCC[NH+](C)C)c1O.[Cl-]. The van der Waals surface area contributed by atoms with Gasteiger partial charge in [0.05, 0.1) is 14.1 Å². The summed E-state index contributed by atoms with van der Waals surface area (Å²) in [5.74, 6) is 1.29. The van der Waals surface area contributed by atoms with E-state index in [1.807, 2.05) is 19.1 Å². The molecule has 4 heteroatoms. The van der Waals surface area contributed by atoms with Crippen LogP contribution < -0.4 is 22.0 Å². The van der Waals surface area contributed by atoms with Gasteiger partial charge in [-0.05, 0) is 18.4 Å². The Morgan fingerprint density at radius 1 is 1.28 bits per heavy atom. The molecule has 0 aliphatic rings. The van der Waals surface area contributed by atoms with Crippen LogP contribution in [-0.4, -0.2) is 32.4 Å². The first-order valence-electron chi connectivity index (χ1n) is 6.17. The number of hydrogen-bond donors (Lipinski definition) is 2. The Bertz CT molecular complexity index is 378. The van der Waals surface area contributed by atoms with Gasteiger partial charge >= 0.3 is 0 Å². The van der Waals surface area contributed by atoms with Crippen molar-refractivity contribution in [2.75, 3.05) is 27.2 Å². The summed E-state index contributed by atoms with van der Waals surface area (Å²) in [5.41, 5.74) is 1.93. The third kappa shape index (κ3) is 4.39. The fourth-order valence-electron chi connectivity index (χ4n) is 1.65. The summed E-state index contributed by atoms with van der Waals surface area (Å²) in [7, 11) is 4.17. The first kappa shape index (κ1) is 17.1. The Hall–Kier alpha value is -0.930. The van der Waals surface area contributed by atoms with Gasteiger partial charge in [-0.3, -0.25) is 0 Å². The molecule has 104 valence electrons. The van der Waals surface area contributed by atoms with E-state index in [9.17, 15) is 5.11 Å². The summed E-state index contributed by atoms with van der Waals surface area (Å²) in [5, 5.41) is 10.1. The normalized spacial score (nSPS) is 10.6. The third-order valence-corrected chi connectivity index (χ3v) is 2.83. The highest BCUT2D eigenvalue weighted by Gasteiger charge is 2.14. The summed E-state index contributed by atoms with van der Waals surface area (Å²) in [6, 6.07) is 3.98. The van der Waals surface area contributed by atoms with Gasteiger partial charge in [-0.1, -0.05) is 26.0 Å². The second kappa shape index (κ2) is 7.49. The quantitative estimate of drug-likeness (QED) is 0.674. The Kier molecular flexibility index (Phi) is 7.11. The van der Waals surface area contributed by atoms with E-state index in [2.05, 4.69) is 27.9 Å². The van der Waals surface area contributed by atoms with E-state index in [1.165, 1.54) is 4.90 Å².